The summed E-state index contributed by atoms with van der Waals surface area (Å²) in [4.78, 5) is 11.0. The van der Waals surface area contributed by atoms with Crippen LogP contribution >= 0.6 is 0 Å². The number of amides is 1. The van der Waals surface area contributed by atoms with Gasteiger partial charge in [0, 0.05) is 0 Å². The van der Waals surface area contributed by atoms with Crippen LogP contribution in [-0.2, 0) is 11.0 Å². The van der Waals surface area contributed by atoms with Gasteiger partial charge in [0.1, 0.15) is 12.5 Å². The highest BCUT2D eigenvalue weighted by Gasteiger charge is 2.33. The number of carbonyl (C=O) groups excluding carboxylic acids is 1. The van der Waals surface area contributed by atoms with Crippen molar-refractivity contribution in [1.82, 2.24) is 0 Å². The summed E-state index contributed by atoms with van der Waals surface area (Å²) in [5.41, 5.74) is -2.16. The lowest BCUT2D eigenvalue weighted by molar-refractivity contribution is -0.150. The summed E-state index contributed by atoms with van der Waals surface area (Å²) in [5.74, 6) is -1.55. The van der Waals surface area contributed by atoms with E-state index >= 15 is 0 Å². The molecule has 0 aromatic heterocycles. The van der Waals surface area contributed by atoms with Crippen molar-refractivity contribution < 1.29 is 31.1 Å². The fourth-order valence-electron chi connectivity index (χ4n) is 1.30. The molecule has 0 aliphatic rings. The normalized spacial score (nSPS) is 11.8. The van der Waals surface area contributed by atoms with Crippen molar-refractivity contribution in [3.63, 3.8) is 0 Å². The monoisotopic (exact) mass is 296 g/mol. The van der Waals surface area contributed by atoms with E-state index in [2.05, 4.69) is 0 Å². The molecule has 0 heterocycles. The second-order valence-corrected chi connectivity index (χ2v) is 3.71. The van der Waals surface area contributed by atoms with Crippen molar-refractivity contribution >= 4 is 11.6 Å². The number of nitrogens with zero attached hydrogens (tertiary/aromatic N) is 1. The van der Waals surface area contributed by atoms with Gasteiger partial charge in [0.2, 0.25) is 5.91 Å². The van der Waals surface area contributed by atoms with E-state index in [4.69, 9.17) is 5.26 Å². The molecule has 0 spiro atoms. The lowest BCUT2D eigenvalue weighted by Gasteiger charge is -2.12. The van der Waals surface area contributed by atoms with E-state index in [9.17, 15) is 31.1 Å². The van der Waals surface area contributed by atoms with Crippen molar-refractivity contribution in [3.05, 3.63) is 29.3 Å². The smallest absolute Gasteiger partial charge is 0.325 e. The number of hydrogen-bond donors (Lipinski definition) is 1. The number of rotatable bonds is 2. The molecule has 1 N–H and O–H groups in total. The SMILES string of the molecule is N#Cc1ccc(C(F)(F)F)cc1NC(=O)CC(F)(F)F. The van der Waals surface area contributed by atoms with Gasteiger partial charge in [0.15, 0.2) is 0 Å². The predicted octanol–water partition coefficient (Wildman–Crippen LogP) is 3.47. The average Bonchev–Trinajstić information content (AvgIpc) is 2.24. The zero-order chi connectivity index (χ0) is 15.6. The molecule has 0 unspecified atom stereocenters. The summed E-state index contributed by atoms with van der Waals surface area (Å²) in [6.07, 6.45) is -11.4. The third-order valence-corrected chi connectivity index (χ3v) is 2.10. The number of anilines is 1. The Morgan fingerprint density at radius 3 is 2.25 bits per heavy atom. The third-order valence-electron chi connectivity index (χ3n) is 2.10. The van der Waals surface area contributed by atoms with Crippen molar-refractivity contribution in [2.24, 2.45) is 0 Å². The number of alkyl halides is 6. The largest absolute Gasteiger partial charge is 0.416 e. The maximum absolute atomic E-state index is 12.4. The molecular formula is C11H6F6N2O. The van der Waals surface area contributed by atoms with Crippen LogP contribution in [0.5, 0.6) is 0 Å². The van der Waals surface area contributed by atoms with E-state index < -0.39 is 35.9 Å². The van der Waals surface area contributed by atoms with Crippen molar-refractivity contribution in [2.45, 2.75) is 18.8 Å². The second-order valence-electron chi connectivity index (χ2n) is 3.71. The Hall–Kier alpha value is -2.24. The van der Waals surface area contributed by atoms with Gasteiger partial charge >= 0.3 is 12.4 Å². The Balaban J connectivity index is 3.04. The molecule has 0 saturated carbocycles. The van der Waals surface area contributed by atoms with Crippen LogP contribution in [0.3, 0.4) is 0 Å². The Bertz CT molecular complexity index is 556. The van der Waals surface area contributed by atoms with Crippen LogP contribution in [0.15, 0.2) is 18.2 Å². The molecular weight excluding hydrogens is 290 g/mol. The summed E-state index contributed by atoms with van der Waals surface area (Å²) in [6.45, 7) is 0. The topological polar surface area (TPSA) is 52.9 Å². The fourth-order valence-corrected chi connectivity index (χ4v) is 1.30. The molecule has 108 valence electrons. The molecule has 0 aliphatic carbocycles. The molecule has 20 heavy (non-hydrogen) atoms. The van der Waals surface area contributed by atoms with Crippen LogP contribution in [-0.4, -0.2) is 12.1 Å². The highest BCUT2D eigenvalue weighted by molar-refractivity contribution is 5.92. The van der Waals surface area contributed by atoms with Gasteiger partial charge in [0.05, 0.1) is 16.8 Å². The third kappa shape index (κ3) is 4.46. The maximum Gasteiger partial charge on any atom is 0.416 e. The van der Waals surface area contributed by atoms with E-state index in [-0.39, 0.29) is 5.56 Å². The predicted molar refractivity (Wildman–Crippen MR) is 55.5 cm³/mol. The molecule has 0 saturated heterocycles. The number of nitrogens with one attached hydrogen (secondary N) is 1. The minimum absolute atomic E-state index is 0.367. The van der Waals surface area contributed by atoms with Gasteiger partial charge in [-0.1, -0.05) is 0 Å². The highest BCUT2D eigenvalue weighted by atomic mass is 19.4. The first-order chi connectivity index (χ1) is 9.03. The molecule has 1 amide bonds. The zero-order valence-corrected chi connectivity index (χ0v) is 9.56. The van der Waals surface area contributed by atoms with Gasteiger partial charge in [0.25, 0.3) is 0 Å². The minimum Gasteiger partial charge on any atom is -0.325 e. The first-order valence-electron chi connectivity index (χ1n) is 5.01. The van der Waals surface area contributed by atoms with Gasteiger partial charge in [-0.25, -0.2) is 0 Å². The lowest BCUT2D eigenvalue weighted by atomic mass is 10.1. The maximum atomic E-state index is 12.4. The Labute approximate surface area is 108 Å². The second kappa shape index (κ2) is 5.40. The van der Waals surface area contributed by atoms with E-state index in [0.717, 1.165) is 6.07 Å². The number of carbonyl (C=O) groups is 1. The van der Waals surface area contributed by atoms with Gasteiger partial charge < -0.3 is 5.32 Å². The van der Waals surface area contributed by atoms with Gasteiger partial charge in [-0.15, -0.1) is 0 Å². The van der Waals surface area contributed by atoms with E-state index in [0.29, 0.717) is 12.1 Å². The van der Waals surface area contributed by atoms with E-state index in [1.165, 1.54) is 6.07 Å². The average molecular weight is 296 g/mol. The number of benzene rings is 1. The van der Waals surface area contributed by atoms with Crippen LogP contribution < -0.4 is 5.32 Å². The molecule has 0 aliphatic heterocycles. The first-order valence-corrected chi connectivity index (χ1v) is 5.01. The molecule has 9 heteroatoms. The van der Waals surface area contributed by atoms with Crippen LogP contribution in [0.25, 0.3) is 0 Å². The highest BCUT2D eigenvalue weighted by Crippen LogP contribution is 2.32. The van der Waals surface area contributed by atoms with E-state index in [1.807, 2.05) is 0 Å². The summed E-state index contributed by atoms with van der Waals surface area (Å²) >= 11 is 0. The Morgan fingerprint density at radius 2 is 1.80 bits per heavy atom. The summed E-state index contributed by atoms with van der Waals surface area (Å²) in [5, 5.41) is 10.3. The standard InChI is InChI=1S/C11H6F6N2O/c12-10(13,14)4-9(20)19-8-3-7(11(15,16)17)2-1-6(8)5-18/h1-3H,4H2,(H,19,20). The molecule has 0 radical (unpaired) electrons. The first kappa shape index (κ1) is 15.8. The van der Waals surface area contributed by atoms with Crippen molar-refractivity contribution in [2.75, 3.05) is 5.32 Å². The number of hydrogen-bond acceptors (Lipinski definition) is 2. The van der Waals surface area contributed by atoms with Crippen LogP contribution in [0.4, 0.5) is 32.0 Å². The molecule has 1 aromatic carbocycles. The molecule has 1 rings (SSSR count). The molecule has 1 aromatic rings. The van der Waals surface area contributed by atoms with Gasteiger partial charge in [-0.2, -0.15) is 31.6 Å². The van der Waals surface area contributed by atoms with Crippen LogP contribution in [0.1, 0.15) is 17.5 Å². The van der Waals surface area contributed by atoms with Gasteiger partial charge in [-0.3, -0.25) is 4.79 Å². The minimum atomic E-state index is -4.79. The molecule has 0 fully saturated rings. The summed E-state index contributed by atoms with van der Waals surface area (Å²) < 4.78 is 73.2. The van der Waals surface area contributed by atoms with Crippen molar-refractivity contribution in [3.8, 4) is 6.07 Å². The molecule has 3 nitrogen and oxygen atoms in total. The Kier molecular flexibility index (Phi) is 4.27. The lowest BCUT2D eigenvalue weighted by Crippen LogP contribution is -2.22. The number of nitriles is 1. The zero-order valence-electron chi connectivity index (χ0n) is 9.56. The van der Waals surface area contributed by atoms with Crippen molar-refractivity contribution in [1.29, 1.82) is 5.26 Å². The quantitative estimate of drug-likeness (QED) is 0.850. The Morgan fingerprint density at radius 1 is 1.20 bits per heavy atom. The summed E-state index contributed by atoms with van der Waals surface area (Å²) in [7, 11) is 0. The van der Waals surface area contributed by atoms with E-state index in [1.54, 1.807) is 5.32 Å². The summed E-state index contributed by atoms with van der Waals surface area (Å²) in [6, 6.07) is 3.25. The fraction of sp³-hybridized carbons (Fsp3) is 0.273. The molecule has 0 atom stereocenters. The number of halogens is 6. The van der Waals surface area contributed by atoms with Crippen LogP contribution in [0.2, 0.25) is 0 Å². The van der Waals surface area contributed by atoms with Crippen LogP contribution in [0, 0.1) is 11.3 Å². The molecule has 0 bridgehead atoms. The van der Waals surface area contributed by atoms with Gasteiger partial charge in [-0.05, 0) is 18.2 Å².